The van der Waals surface area contributed by atoms with Crippen molar-refractivity contribution in [3.8, 4) is 0 Å². The summed E-state index contributed by atoms with van der Waals surface area (Å²) in [6.45, 7) is 1.76. The van der Waals surface area contributed by atoms with Gasteiger partial charge in [-0.05, 0) is 19.1 Å². The average molecular weight is 140 g/mol. The highest BCUT2D eigenvalue weighted by Crippen LogP contribution is 2.08. The Morgan fingerprint density at radius 2 is 2.40 bits per heavy atom. The summed E-state index contributed by atoms with van der Waals surface area (Å²) >= 11 is 0. The normalized spacial score (nSPS) is 26.0. The van der Waals surface area contributed by atoms with Gasteiger partial charge in [0.05, 0.1) is 12.4 Å². The fourth-order valence-electron chi connectivity index (χ4n) is 0.895. The molecule has 1 heterocycles. The highest BCUT2D eigenvalue weighted by Gasteiger charge is 2.08. The predicted octanol–water partition coefficient (Wildman–Crippen LogP) is 1.23. The van der Waals surface area contributed by atoms with Crippen molar-refractivity contribution in [3.05, 3.63) is 24.5 Å². The zero-order valence-electron chi connectivity index (χ0n) is 6.03. The van der Waals surface area contributed by atoms with Crippen molar-refractivity contribution in [2.45, 2.75) is 25.6 Å². The molecule has 0 aromatic carbocycles. The van der Waals surface area contributed by atoms with Crippen molar-refractivity contribution in [2.24, 2.45) is 0 Å². The van der Waals surface area contributed by atoms with Crippen LogP contribution in [0.2, 0.25) is 0 Å². The number of aliphatic hydroxyl groups is 1. The summed E-state index contributed by atoms with van der Waals surface area (Å²) in [4.78, 5) is 0. The molecule has 1 N–H and O–H groups in total. The van der Waals surface area contributed by atoms with Crippen molar-refractivity contribution >= 4 is 0 Å². The van der Waals surface area contributed by atoms with Gasteiger partial charge in [-0.1, -0.05) is 6.08 Å². The minimum atomic E-state index is -0.291. The maximum atomic E-state index is 8.97. The largest absolute Gasteiger partial charge is 0.494 e. The van der Waals surface area contributed by atoms with Gasteiger partial charge in [0.2, 0.25) is 0 Å². The molecule has 1 aliphatic rings. The van der Waals surface area contributed by atoms with E-state index in [2.05, 4.69) is 0 Å². The van der Waals surface area contributed by atoms with Crippen molar-refractivity contribution in [1.82, 2.24) is 0 Å². The van der Waals surface area contributed by atoms with Crippen LogP contribution < -0.4 is 0 Å². The fourth-order valence-corrected chi connectivity index (χ4v) is 0.895. The Morgan fingerprint density at radius 3 is 2.90 bits per heavy atom. The van der Waals surface area contributed by atoms with E-state index in [0.717, 1.165) is 0 Å². The van der Waals surface area contributed by atoms with Crippen LogP contribution in [-0.2, 0) is 4.74 Å². The summed E-state index contributed by atoms with van der Waals surface area (Å²) < 4.78 is 5.16. The molecule has 56 valence electrons. The van der Waals surface area contributed by atoms with Crippen LogP contribution >= 0.6 is 0 Å². The summed E-state index contributed by atoms with van der Waals surface area (Å²) in [5, 5.41) is 8.97. The number of hydrogen-bond donors (Lipinski definition) is 1. The summed E-state index contributed by atoms with van der Waals surface area (Å²) in [6.07, 6.45) is 7.78. The van der Waals surface area contributed by atoms with Gasteiger partial charge in [0.25, 0.3) is 0 Å². The third-order valence-corrected chi connectivity index (χ3v) is 1.34. The molecule has 0 radical (unpaired) electrons. The van der Waals surface area contributed by atoms with Crippen LogP contribution in [0.3, 0.4) is 0 Å². The maximum absolute atomic E-state index is 8.97. The Balaban J connectivity index is 2.30. The lowest BCUT2D eigenvalue weighted by Gasteiger charge is -2.15. The van der Waals surface area contributed by atoms with Gasteiger partial charge in [-0.3, -0.25) is 0 Å². The lowest BCUT2D eigenvalue weighted by Crippen LogP contribution is -2.15. The van der Waals surface area contributed by atoms with Gasteiger partial charge in [-0.25, -0.2) is 0 Å². The molecule has 0 spiro atoms. The van der Waals surface area contributed by atoms with Crippen LogP contribution in [0.15, 0.2) is 24.5 Å². The maximum Gasteiger partial charge on any atom is 0.119 e. The molecule has 0 amide bonds. The minimum absolute atomic E-state index is 0.0602. The van der Waals surface area contributed by atoms with Gasteiger partial charge in [-0.2, -0.15) is 0 Å². The summed E-state index contributed by atoms with van der Waals surface area (Å²) in [5.74, 6) is 0. The van der Waals surface area contributed by atoms with Crippen LogP contribution in [0.4, 0.5) is 0 Å². The molecule has 2 atom stereocenters. The average Bonchev–Trinajstić information content (AvgIpc) is 1.88. The van der Waals surface area contributed by atoms with Crippen LogP contribution in [0.25, 0.3) is 0 Å². The standard InChI is InChI=1S/C8H12O2/c1-7(9)6-8-4-2-3-5-10-8/h2-5,7-9H,6H2,1H3. The van der Waals surface area contributed by atoms with E-state index < -0.39 is 0 Å². The molecule has 2 nitrogen and oxygen atoms in total. The van der Waals surface area contributed by atoms with Crippen molar-refractivity contribution < 1.29 is 9.84 Å². The molecule has 0 saturated heterocycles. The molecular weight excluding hydrogens is 128 g/mol. The van der Waals surface area contributed by atoms with Gasteiger partial charge < -0.3 is 9.84 Å². The van der Waals surface area contributed by atoms with E-state index >= 15 is 0 Å². The number of hydrogen-bond acceptors (Lipinski definition) is 2. The van der Waals surface area contributed by atoms with E-state index in [1.165, 1.54) is 0 Å². The highest BCUT2D eigenvalue weighted by atomic mass is 16.5. The Bertz CT molecular complexity index is 147. The first-order chi connectivity index (χ1) is 4.79. The van der Waals surface area contributed by atoms with E-state index in [9.17, 15) is 0 Å². The van der Waals surface area contributed by atoms with Crippen LogP contribution in [-0.4, -0.2) is 17.3 Å². The highest BCUT2D eigenvalue weighted by molar-refractivity contribution is 5.07. The first-order valence-electron chi connectivity index (χ1n) is 3.46. The topological polar surface area (TPSA) is 29.5 Å². The van der Waals surface area contributed by atoms with E-state index in [0.29, 0.717) is 6.42 Å². The Morgan fingerprint density at radius 1 is 1.60 bits per heavy atom. The van der Waals surface area contributed by atoms with Gasteiger partial charge in [-0.15, -0.1) is 0 Å². The molecule has 2 unspecified atom stereocenters. The predicted molar refractivity (Wildman–Crippen MR) is 39.5 cm³/mol. The Labute approximate surface area is 60.8 Å². The third kappa shape index (κ3) is 2.23. The zero-order chi connectivity index (χ0) is 7.40. The molecule has 0 bridgehead atoms. The molecule has 0 aliphatic carbocycles. The van der Waals surface area contributed by atoms with Crippen LogP contribution in [0.1, 0.15) is 13.3 Å². The first kappa shape index (κ1) is 7.35. The summed E-state index contributed by atoms with van der Waals surface area (Å²) in [5.41, 5.74) is 0. The molecule has 2 heteroatoms. The van der Waals surface area contributed by atoms with Gasteiger partial charge in [0.1, 0.15) is 6.10 Å². The van der Waals surface area contributed by atoms with Gasteiger partial charge >= 0.3 is 0 Å². The molecule has 0 fully saturated rings. The number of aliphatic hydroxyl groups excluding tert-OH is 1. The smallest absolute Gasteiger partial charge is 0.119 e. The fraction of sp³-hybridized carbons (Fsp3) is 0.500. The molecule has 0 aromatic heterocycles. The van der Waals surface area contributed by atoms with Gasteiger partial charge in [0, 0.05) is 6.42 Å². The first-order valence-corrected chi connectivity index (χ1v) is 3.46. The molecule has 0 aromatic rings. The molecule has 0 saturated carbocycles. The van der Waals surface area contributed by atoms with E-state index in [1.54, 1.807) is 13.2 Å². The minimum Gasteiger partial charge on any atom is -0.494 e. The van der Waals surface area contributed by atoms with Crippen LogP contribution in [0.5, 0.6) is 0 Å². The SMILES string of the molecule is CC(O)CC1C=CC=CO1. The van der Waals surface area contributed by atoms with Crippen molar-refractivity contribution in [1.29, 1.82) is 0 Å². The molecule has 1 aliphatic heterocycles. The van der Waals surface area contributed by atoms with Crippen molar-refractivity contribution in [3.63, 3.8) is 0 Å². The Kier molecular flexibility index (Phi) is 2.51. The third-order valence-electron chi connectivity index (χ3n) is 1.34. The Hall–Kier alpha value is -0.760. The monoisotopic (exact) mass is 140 g/mol. The zero-order valence-corrected chi connectivity index (χ0v) is 6.03. The lowest BCUT2D eigenvalue weighted by atomic mass is 10.1. The number of rotatable bonds is 2. The van der Waals surface area contributed by atoms with E-state index in [-0.39, 0.29) is 12.2 Å². The second-order valence-electron chi connectivity index (χ2n) is 2.47. The second kappa shape index (κ2) is 3.42. The molecule has 10 heavy (non-hydrogen) atoms. The van der Waals surface area contributed by atoms with E-state index in [1.807, 2.05) is 18.2 Å². The van der Waals surface area contributed by atoms with E-state index in [4.69, 9.17) is 9.84 Å². The molecular formula is C8H12O2. The summed E-state index contributed by atoms with van der Waals surface area (Å²) in [6, 6.07) is 0. The number of allylic oxidation sites excluding steroid dienone is 2. The molecule has 1 rings (SSSR count). The second-order valence-corrected chi connectivity index (χ2v) is 2.47. The van der Waals surface area contributed by atoms with Crippen molar-refractivity contribution in [2.75, 3.05) is 0 Å². The number of ether oxygens (including phenoxy) is 1. The van der Waals surface area contributed by atoms with Crippen LogP contribution in [0, 0.1) is 0 Å². The summed E-state index contributed by atoms with van der Waals surface area (Å²) in [7, 11) is 0. The quantitative estimate of drug-likeness (QED) is 0.625. The lowest BCUT2D eigenvalue weighted by molar-refractivity contribution is 0.102. The van der Waals surface area contributed by atoms with Gasteiger partial charge in [0.15, 0.2) is 0 Å².